The molecule has 1 aromatic rings. The first-order chi connectivity index (χ1) is 8.69. The summed E-state index contributed by atoms with van der Waals surface area (Å²) in [6.07, 6.45) is 0. The van der Waals surface area contributed by atoms with Crippen LogP contribution in [0.2, 0.25) is 0 Å². The summed E-state index contributed by atoms with van der Waals surface area (Å²) in [4.78, 5) is 0. The molecular weight excluding hydrogens is 230 g/mol. The molecule has 100 valence electrons. The number of ether oxygens (including phenoxy) is 2. The largest absolute Gasteiger partial charge is 0.496 e. The standard InChI is InChI=1S/C14H21NO3/c1-11-5-12(3-4-13(11)17-2)6-15-7-14(8-16)9-18-10-14/h3-5,15-16H,6-10H2,1-2H3. The van der Waals surface area contributed by atoms with Gasteiger partial charge in [0.1, 0.15) is 5.75 Å². The summed E-state index contributed by atoms with van der Waals surface area (Å²) in [6.45, 7) is 5.11. The number of aliphatic hydroxyl groups is 1. The van der Waals surface area contributed by atoms with Crippen LogP contribution in [0.25, 0.3) is 0 Å². The molecule has 0 aromatic heterocycles. The maximum atomic E-state index is 9.31. The van der Waals surface area contributed by atoms with Gasteiger partial charge in [0.2, 0.25) is 0 Å². The van der Waals surface area contributed by atoms with Crippen LogP contribution in [-0.2, 0) is 11.3 Å². The van der Waals surface area contributed by atoms with E-state index in [0.29, 0.717) is 13.2 Å². The number of rotatable bonds is 6. The summed E-state index contributed by atoms with van der Waals surface area (Å²) in [5.41, 5.74) is 2.30. The molecule has 0 saturated carbocycles. The highest BCUT2D eigenvalue weighted by atomic mass is 16.5. The van der Waals surface area contributed by atoms with Crippen molar-refractivity contribution in [3.05, 3.63) is 29.3 Å². The maximum absolute atomic E-state index is 9.31. The number of aliphatic hydroxyl groups excluding tert-OH is 1. The number of hydrogen-bond donors (Lipinski definition) is 2. The first-order valence-corrected chi connectivity index (χ1v) is 6.22. The van der Waals surface area contributed by atoms with Gasteiger partial charge in [0.05, 0.1) is 32.3 Å². The van der Waals surface area contributed by atoms with Gasteiger partial charge in [0.15, 0.2) is 0 Å². The van der Waals surface area contributed by atoms with E-state index in [4.69, 9.17) is 9.47 Å². The lowest BCUT2D eigenvalue weighted by atomic mass is 9.87. The number of aryl methyl sites for hydroxylation is 1. The van der Waals surface area contributed by atoms with E-state index in [9.17, 15) is 5.11 Å². The van der Waals surface area contributed by atoms with Crippen molar-refractivity contribution in [3.63, 3.8) is 0 Å². The molecule has 0 bridgehead atoms. The summed E-state index contributed by atoms with van der Waals surface area (Å²) in [5.74, 6) is 0.915. The topological polar surface area (TPSA) is 50.7 Å². The zero-order chi connectivity index (χ0) is 13.0. The Morgan fingerprint density at radius 3 is 2.72 bits per heavy atom. The lowest BCUT2D eigenvalue weighted by Crippen LogP contribution is -2.52. The third-order valence-corrected chi connectivity index (χ3v) is 3.44. The van der Waals surface area contributed by atoms with Gasteiger partial charge in [-0.25, -0.2) is 0 Å². The zero-order valence-corrected chi connectivity index (χ0v) is 11.0. The van der Waals surface area contributed by atoms with Gasteiger partial charge in [0, 0.05) is 13.1 Å². The average Bonchev–Trinajstić information content (AvgIpc) is 2.33. The van der Waals surface area contributed by atoms with Crippen molar-refractivity contribution in [3.8, 4) is 5.75 Å². The molecule has 0 radical (unpaired) electrons. The minimum Gasteiger partial charge on any atom is -0.496 e. The Morgan fingerprint density at radius 1 is 1.44 bits per heavy atom. The van der Waals surface area contributed by atoms with Gasteiger partial charge in [-0.15, -0.1) is 0 Å². The molecule has 1 aliphatic heterocycles. The molecule has 1 aromatic carbocycles. The normalized spacial score (nSPS) is 17.3. The van der Waals surface area contributed by atoms with Crippen molar-refractivity contribution in [1.82, 2.24) is 5.32 Å². The van der Waals surface area contributed by atoms with E-state index >= 15 is 0 Å². The molecule has 2 rings (SSSR count). The number of nitrogens with one attached hydrogen (secondary N) is 1. The van der Waals surface area contributed by atoms with Gasteiger partial charge in [-0.1, -0.05) is 12.1 Å². The van der Waals surface area contributed by atoms with Crippen molar-refractivity contribution in [2.75, 3.05) is 33.5 Å². The second-order valence-corrected chi connectivity index (χ2v) is 5.06. The predicted molar refractivity (Wildman–Crippen MR) is 69.8 cm³/mol. The summed E-state index contributed by atoms with van der Waals surface area (Å²) >= 11 is 0. The number of hydrogen-bond acceptors (Lipinski definition) is 4. The van der Waals surface area contributed by atoms with Gasteiger partial charge < -0.3 is 19.9 Å². The third kappa shape index (κ3) is 2.83. The molecular formula is C14H21NO3. The van der Waals surface area contributed by atoms with Crippen LogP contribution < -0.4 is 10.1 Å². The quantitative estimate of drug-likeness (QED) is 0.795. The second-order valence-electron chi connectivity index (χ2n) is 5.06. The van der Waals surface area contributed by atoms with Crippen molar-refractivity contribution >= 4 is 0 Å². The molecule has 18 heavy (non-hydrogen) atoms. The predicted octanol–water partition coefficient (Wildman–Crippen LogP) is 1.10. The minimum atomic E-state index is -0.0679. The van der Waals surface area contributed by atoms with E-state index in [1.807, 2.05) is 13.0 Å². The summed E-state index contributed by atoms with van der Waals surface area (Å²) < 4.78 is 10.4. The van der Waals surface area contributed by atoms with E-state index in [1.54, 1.807) is 7.11 Å². The van der Waals surface area contributed by atoms with E-state index in [1.165, 1.54) is 5.56 Å². The monoisotopic (exact) mass is 251 g/mol. The Morgan fingerprint density at radius 2 is 2.22 bits per heavy atom. The van der Waals surface area contributed by atoms with Gasteiger partial charge >= 0.3 is 0 Å². The fourth-order valence-electron chi connectivity index (χ4n) is 2.16. The van der Waals surface area contributed by atoms with E-state index in [0.717, 1.165) is 24.4 Å². The Kier molecular flexibility index (Phi) is 4.22. The van der Waals surface area contributed by atoms with Crippen LogP contribution >= 0.6 is 0 Å². The van der Waals surface area contributed by atoms with Crippen molar-refractivity contribution < 1.29 is 14.6 Å². The van der Waals surface area contributed by atoms with Crippen LogP contribution in [0.4, 0.5) is 0 Å². The van der Waals surface area contributed by atoms with Crippen LogP contribution in [0, 0.1) is 12.3 Å². The van der Waals surface area contributed by atoms with Gasteiger partial charge in [-0.3, -0.25) is 0 Å². The van der Waals surface area contributed by atoms with Crippen molar-refractivity contribution in [2.45, 2.75) is 13.5 Å². The fraction of sp³-hybridized carbons (Fsp3) is 0.571. The van der Waals surface area contributed by atoms with Gasteiger partial charge in [-0.2, -0.15) is 0 Å². The summed E-state index contributed by atoms with van der Waals surface area (Å²) in [7, 11) is 1.68. The molecule has 1 saturated heterocycles. The highest BCUT2D eigenvalue weighted by Gasteiger charge is 2.37. The first-order valence-electron chi connectivity index (χ1n) is 6.22. The lowest BCUT2D eigenvalue weighted by Gasteiger charge is -2.40. The van der Waals surface area contributed by atoms with Crippen LogP contribution in [-0.4, -0.2) is 38.6 Å². The lowest BCUT2D eigenvalue weighted by molar-refractivity contribution is -0.134. The Hall–Kier alpha value is -1.10. The SMILES string of the molecule is COc1ccc(CNCC2(CO)COC2)cc1C. The van der Waals surface area contributed by atoms with E-state index < -0.39 is 0 Å². The molecule has 0 atom stereocenters. The Labute approximate surface area is 108 Å². The summed E-state index contributed by atoms with van der Waals surface area (Å²) in [6, 6.07) is 6.16. The van der Waals surface area contributed by atoms with Crippen LogP contribution in [0.15, 0.2) is 18.2 Å². The van der Waals surface area contributed by atoms with Gasteiger partial charge in [0.25, 0.3) is 0 Å². The van der Waals surface area contributed by atoms with Crippen LogP contribution in [0.1, 0.15) is 11.1 Å². The van der Waals surface area contributed by atoms with Crippen LogP contribution in [0.5, 0.6) is 5.75 Å². The molecule has 4 heteroatoms. The Bertz CT molecular complexity index is 397. The fourth-order valence-corrected chi connectivity index (χ4v) is 2.16. The third-order valence-electron chi connectivity index (χ3n) is 3.44. The van der Waals surface area contributed by atoms with Crippen molar-refractivity contribution in [2.24, 2.45) is 5.41 Å². The highest BCUT2D eigenvalue weighted by molar-refractivity contribution is 5.36. The first kappa shape index (κ1) is 13.3. The highest BCUT2D eigenvalue weighted by Crippen LogP contribution is 2.25. The van der Waals surface area contributed by atoms with Gasteiger partial charge in [-0.05, 0) is 24.1 Å². The Balaban J connectivity index is 1.85. The molecule has 2 N–H and O–H groups in total. The minimum absolute atomic E-state index is 0.0679. The van der Waals surface area contributed by atoms with Crippen molar-refractivity contribution in [1.29, 1.82) is 0 Å². The average molecular weight is 251 g/mol. The zero-order valence-electron chi connectivity index (χ0n) is 11.0. The molecule has 4 nitrogen and oxygen atoms in total. The maximum Gasteiger partial charge on any atom is 0.121 e. The molecule has 0 unspecified atom stereocenters. The molecule has 1 fully saturated rings. The number of benzene rings is 1. The van der Waals surface area contributed by atoms with Crippen LogP contribution in [0.3, 0.4) is 0 Å². The number of methoxy groups -OCH3 is 1. The molecule has 0 amide bonds. The van der Waals surface area contributed by atoms with E-state index in [2.05, 4.69) is 17.4 Å². The smallest absolute Gasteiger partial charge is 0.121 e. The molecule has 0 aliphatic carbocycles. The molecule has 0 spiro atoms. The van der Waals surface area contributed by atoms with E-state index in [-0.39, 0.29) is 12.0 Å². The molecule has 1 aliphatic rings. The summed E-state index contributed by atoms with van der Waals surface area (Å²) in [5, 5.41) is 12.7. The second kappa shape index (κ2) is 5.69. The molecule has 1 heterocycles.